The van der Waals surface area contributed by atoms with E-state index >= 15 is 0 Å². The van der Waals surface area contributed by atoms with Crippen molar-refractivity contribution in [2.45, 2.75) is 33.6 Å². The summed E-state index contributed by atoms with van der Waals surface area (Å²) >= 11 is 0. The largest absolute Gasteiger partial charge is 0.295 e. The van der Waals surface area contributed by atoms with Crippen molar-refractivity contribution in [1.29, 1.82) is 0 Å². The van der Waals surface area contributed by atoms with Crippen LogP contribution in [-0.2, 0) is 4.79 Å². The molecule has 0 atom stereocenters. The number of carbonyl (C=O) groups excluding carboxylic acids is 1. The Kier molecular flexibility index (Phi) is 3.51. The van der Waals surface area contributed by atoms with E-state index in [1.54, 1.807) is 6.08 Å². The lowest BCUT2D eigenvalue weighted by atomic mass is 9.76. The third-order valence-corrected chi connectivity index (χ3v) is 3.35. The normalized spacial score (nSPS) is 19.1. The van der Waals surface area contributed by atoms with Gasteiger partial charge < -0.3 is 0 Å². The van der Waals surface area contributed by atoms with Gasteiger partial charge in [-0.05, 0) is 41.5 Å². The zero-order chi connectivity index (χ0) is 13.2. The summed E-state index contributed by atoms with van der Waals surface area (Å²) in [5.41, 5.74) is 3.71. The Bertz CT molecular complexity index is 518. The van der Waals surface area contributed by atoms with Gasteiger partial charge in [0.15, 0.2) is 5.78 Å². The fraction of sp³-hybridized carbons (Fsp3) is 0.353. The number of benzene rings is 1. The van der Waals surface area contributed by atoms with Crippen molar-refractivity contribution in [3.05, 3.63) is 53.1 Å². The Morgan fingerprint density at radius 2 is 1.83 bits per heavy atom. The van der Waals surface area contributed by atoms with Crippen molar-refractivity contribution in [2.75, 3.05) is 0 Å². The molecule has 1 aliphatic carbocycles. The van der Waals surface area contributed by atoms with Crippen molar-refractivity contribution >= 4 is 11.9 Å². The molecule has 0 fully saturated rings. The summed E-state index contributed by atoms with van der Waals surface area (Å²) in [5.74, 6) is 0.246. The second kappa shape index (κ2) is 4.93. The van der Waals surface area contributed by atoms with E-state index in [0.717, 1.165) is 12.0 Å². The molecule has 0 bridgehead atoms. The van der Waals surface area contributed by atoms with Crippen LogP contribution < -0.4 is 0 Å². The second-order valence-electron chi connectivity index (χ2n) is 5.89. The maximum absolute atomic E-state index is 11.7. The first kappa shape index (κ1) is 12.8. The molecule has 0 aromatic heterocycles. The molecule has 0 heterocycles. The van der Waals surface area contributed by atoms with Gasteiger partial charge in [0.1, 0.15) is 0 Å². The van der Waals surface area contributed by atoms with Crippen LogP contribution in [0, 0.1) is 12.3 Å². The molecule has 0 saturated carbocycles. The van der Waals surface area contributed by atoms with Crippen LogP contribution in [0.1, 0.15) is 37.8 Å². The van der Waals surface area contributed by atoms with Crippen LogP contribution >= 0.6 is 0 Å². The zero-order valence-corrected chi connectivity index (χ0v) is 11.4. The molecule has 1 aromatic carbocycles. The van der Waals surface area contributed by atoms with Crippen LogP contribution in [0.3, 0.4) is 0 Å². The second-order valence-corrected chi connectivity index (χ2v) is 5.89. The third kappa shape index (κ3) is 3.19. The SMILES string of the molecule is Cc1ccccc1/C=C/C1=CC(=O)CC(C)(C)C1. The van der Waals surface area contributed by atoms with Gasteiger partial charge in [0.25, 0.3) is 0 Å². The molecule has 18 heavy (non-hydrogen) atoms. The predicted molar refractivity (Wildman–Crippen MR) is 76.3 cm³/mol. The van der Waals surface area contributed by atoms with E-state index in [2.05, 4.69) is 45.1 Å². The van der Waals surface area contributed by atoms with Crippen LogP contribution in [0.15, 0.2) is 42.0 Å². The number of rotatable bonds is 2. The summed E-state index contributed by atoms with van der Waals surface area (Å²) in [6, 6.07) is 8.28. The van der Waals surface area contributed by atoms with Crippen LogP contribution in [0.4, 0.5) is 0 Å². The maximum Gasteiger partial charge on any atom is 0.156 e. The number of allylic oxidation sites excluding steroid dienone is 3. The molecule has 0 aliphatic heterocycles. The first-order valence-corrected chi connectivity index (χ1v) is 6.43. The monoisotopic (exact) mass is 240 g/mol. The molecule has 1 aromatic rings. The lowest BCUT2D eigenvalue weighted by Crippen LogP contribution is -2.21. The summed E-state index contributed by atoms with van der Waals surface area (Å²) in [4.78, 5) is 11.7. The Balaban J connectivity index is 2.20. The minimum atomic E-state index is 0.0945. The van der Waals surface area contributed by atoms with E-state index in [4.69, 9.17) is 0 Å². The Labute approximate surface area is 109 Å². The van der Waals surface area contributed by atoms with E-state index in [0.29, 0.717) is 6.42 Å². The number of hydrogen-bond donors (Lipinski definition) is 0. The molecule has 0 spiro atoms. The van der Waals surface area contributed by atoms with Gasteiger partial charge in [-0.1, -0.05) is 50.3 Å². The van der Waals surface area contributed by atoms with Crippen molar-refractivity contribution in [2.24, 2.45) is 5.41 Å². The number of ketones is 1. The fourth-order valence-electron chi connectivity index (χ4n) is 2.47. The number of carbonyl (C=O) groups is 1. The van der Waals surface area contributed by atoms with Gasteiger partial charge in [0, 0.05) is 6.42 Å². The van der Waals surface area contributed by atoms with Gasteiger partial charge in [-0.15, -0.1) is 0 Å². The summed E-state index contributed by atoms with van der Waals surface area (Å²) in [7, 11) is 0. The predicted octanol–water partition coefficient (Wildman–Crippen LogP) is 4.32. The molecule has 0 N–H and O–H groups in total. The van der Waals surface area contributed by atoms with E-state index < -0.39 is 0 Å². The minimum Gasteiger partial charge on any atom is -0.295 e. The van der Waals surface area contributed by atoms with Gasteiger partial charge in [-0.25, -0.2) is 0 Å². The lowest BCUT2D eigenvalue weighted by molar-refractivity contribution is -0.116. The van der Waals surface area contributed by atoms with E-state index in [-0.39, 0.29) is 11.2 Å². The summed E-state index contributed by atoms with van der Waals surface area (Å²) in [6.07, 6.45) is 7.62. The Hall–Kier alpha value is -1.63. The first-order chi connectivity index (χ1) is 8.46. The quantitative estimate of drug-likeness (QED) is 0.752. The molecule has 1 heteroatoms. The van der Waals surface area contributed by atoms with E-state index in [9.17, 15) is 4.79 Å². The standard InChI is InChI=1S/C17H20O/c1-13-6-4-5-7-15(13)9-8-14-10-16(18)12-17(2,3)11-14/h4-10H,11-12H2,1-3H3/b9-8+. The molecular formula is C17H20O. The number of hydrogen-bond acceptors (Lipinski definition) is 1. The van der Waals surface area contributed by atoms with E-state index in [1.807, 2.05) is 12.1 Å². The van der Waals surface area contributed by atoms with Gasteiger partial charge in [-0.2, -0.15) is 0 Å². The summed E-state index contributed by atoms with van der Waals surface area (Å²) in [5, 5.41) is 0. The molecule has 0 amide bonds. The van der Waals surface area contributed by atoms with Gasteiger partial charge in [0.2, 0.25) is 0 Å². The third-order valence-electron chi connectivity index (χ3n) is 3.35. The lowest BCUT2D eigenvalue weighted by Gasteiger charge is -2.27. The summed E-state index contributed by atoms with van der Waals surface area (Å²) < 4.78 is 0. The molecular weight excluding hydrogens is 220 g/mol. The molecule has 0 radical (unpaired) electrons. The Morgan fingerprint density at radius 3 is 2.50 bits per heavy atom. The topological polar surface area (TPSA) is 17.1 Å². The molecule has 1 aliphatic rings. The summed E-state index contributed by atoms with van der Waals surface area (Å²) in [6.45, 7) is 6.41. The van der Waals surface area contributed by atoms with Crippen molar-refractivity contribution in [1.82, 2.24) is 0 Å². The van der Waals surface area contributed by atoms with Crippen molar-refractivity contribution in [3.63, 3.8) is 0 Å². The van der Waals surface area contributed by atoms with E-state index in [1.165, 1.54) is 11.1 Å². The van der Waals surface area contributed by atoms with Crippen molar-refractivity contribution in [3.8, 4) is 0 Å². The highest BCUT2D eigenvalue weighted by Gasteiger charge is 2.26. The molecule has 2 rings (SSSR count). The number of aryl methyl sites for hydroxylation is 1. The van der Waals surface area contributed by atoms with Gasteiger partial charge in [0.05, 0.1) is 0 Å². The molecule has 0 saturated heterocycles. The highest BCUT2D eigenvalue weighted by molar-refractivity contribution is 5.92. The zero-order valence-electron chi connectivity index (χ0n) is 11.4. The smallest absolute Gasteiger partial charge is 0.156 e. The Morgan fingerprint density at radius 1 is 1.11 bits per heavy atom. The molecule has 94 valence electrons. The maximum atomic E-state index is 11.7. The molecule has 0 unspecified atom stereocenters. The minimum absolute atomic E-state index is 0.0945. The van der Waals surface area contributed by atoms with Crippen LogP contribution in [0.5, 0.6) is 0 Å². The highest BCUT2D eigenvalue weighted by Crippen LogP contribution is 2.34. The van der Waals surface area contributed by atoms with Crippen LogP contribution in [0.2, 0.25) is 0 Å². The first-order valence-electron chi connectivity index (χ1n) is 6.43. The average Bonchev–Trinajstić information content (AvgIpc) is 2.25. The van der Waals surface area contributed by atoms with Gasteiger partial charge >= 0.3 is 0 Å². The van der Waals surface area contributed by atoms with Gasteiger partial charge in [-0.3, -0.25) is 4.79 Å². The van der Waals surface area contributed by atoms with Crippen LogP contribution in [0.25, 0.3) is 6.08 Å². The van der Waals surface area contributed by atoms with Crippen LogP contribution in [-0.4, -0.2) is 5.78 Å². The fourth-order valence-corrected chi connectivity index (χ4v) is 2.47. The highest BCUT2D eigenvalue weighted by atomic mass is 16.1. The average molecular weight is 240 g/mol. The molecule has 1 nitrogen and oxygen atoms in total. The van der Waals surface area contributed by atoms with Crippen molar-refractivity contribution < 1.29 is 4.79 Å².